The molecule has 2 unspecified atom stereocenters. The van der Waals surface area contributed by atoms with Crippen LogP contribution in [0.4, 0.5) is 0 Å². The van der Waals surface area contributed by atoms with Gasteiger partial charge in [-0.3, -0.25) is 4.79 Å². The number of nitrogens with zero attached hydrogens (tertiary/aromatic N) is 1. The van der Waals surface area contributed by atoms with Crippen LogP contribution in [0.3, 0.4) is 0 Å². The van der Waals surface area contributed by atoms with Crippen molar-refractivity contribution >= 4 is 11.7 Å². The molecule has 1 amide bonds. The van der Waals surface area contributed by atoms with Crippen molar-refractivity contribution in [3.63, 3.8) is 0 Å². The Morgan fingerprint density at radius 2 is 2.00 bits per heavy atom. The lowest BCUT2D eigenvalue weighted by Crippen LogP contribution is -2.38. The van der Waals surface area contributed by atoms with Gasteiger partial charge in [0.2, 0.25) is 5.91 Å². The lowest BCUT2D eigenvalue weighted by atomic mass is 10.00. The number of carbonyl (C=O) groups is 1. The van der Waals surface area contributed by atoms with Gasteiger partial charge in [-0.25, -0.2) is 0 Å². The standard InChI is InChI=1S/C13H19N3O2/c1-9(8-12(14)16-18)15-13(17)10(2)11-6-4-3-5-7-11/h3-7,9-10,18H,8H2,1-2H3,(H2,14,16)(H,15,17). The number of rotatable bonds is 5. The van der Waals surface area contributed by atoms with Crippen molar-refractivity contribution < 1.29 is 10.0 Å². The molecule has 0 aromatic heterocycles. The zero-order chi connectivity index (χ0) is 13.5. The van der Waals surface area contributed by atoms with Gasteiger partial charge in [0.15, 0.2) is 0 Å². The number of oxime groups is 1. The lowest BCUT2D eigenvalue weighted by Gasteiger charge is -2.17. The van der Waals surface area contributed by atoms with Gasteiger partial charge in [-0.1, -0.05) is 35.5 Å². The number of amides is 1. The van der Waals surface area contributed by atoms with Gasteiger partial charge in [-0.05, 0) is 19.4 Å². The molecule has 0 aliphatic heterocycles. The molecule has 0 spiro atoms. The third-order valence-corrected chi connectivity index (χ3v) is 2.73. The largest absolute Gasteiger partial charge is 0.409 e. The molecule has 1 aromatic rings. The molecule has 5 nitrogen and oxygen atoms in total. The molecule has 0 heterocycles. The molecule has 0 aliphatic rings. The van der Waals surface area contributed by atoms with E-state index in [0.29, 0.717) is 6.42 Å². The molecule has 0 saturated carbocycles. The summed E-state index contributed by atoms with van der Waals surface area (Å²) in [5, 5.41) is 14.2. The first-order valence-electron chi connectivity index (χ1n) is 5.86. The van der Waals surface area contributed by atoms with E-state index in [0.717, 1.165) is 5.56 Å². The highest BCUT2D eigenvalue weighted by molar-refractivity contribution is 5.85. The Bertz CT molecular complexity index is 418. The zero-order valence-electron chi connectivity index (χ0n) is 10.6. The first kappa shape index (κ1) is 14.0. The van der Waals surface area contributed by atoms with Gasteiger partial charge in [0, 0.05) is 12.5 Å². The van der Waals surface area contributed by atoms with Crippen molar-refractivity contribution in [3.8, 4) is 0 Å². The van der Waals surface area contributed by atoms with Crippen molar-refractivity contribution in [1.29, 1.82) is 0 Å². The fourth-order valence-electron chi connectivity index (χ4n) is 1.67. The van der Waals surface area contributed by atoms with Gasteiger partial charge < -0.3 is 16.3 Å². The molecule has 98 valence electrons. The summed E-state index contributed by atoms with van der Waals surface area (Å²) in [6.45, 7) is 3.66. The summed E-state index contributed by atoms with van der Waals surface area (Å²) in [4.78, 5) is 12.0. The van der Waals surface area contributed by atoms with Gasteiger partial charge in [0.25, 0.3) is 0 Å². The summed E-state index contributed by atoms with van der Waals surface area (Å²) in [7, 11) is 0. The summed E-state index contributed by atoms with van der Waals surface area (Å²) in [6.07, 6.45) is 0.323. The van der Waals surface area contributed by atoms with E-state index in [9.17, 15) is 4.79 Å². The Balaban J connectivity index is 2.55. The first-order chi connectivity index (χ1) is 8.54. The second-order valence-corrected chi connectivity index (χ2v) is 4.34. The average molecular weight is 249 g/mol. The predicted octanol–water partition coefficient (Wildman–Crippen LogP) is 1.43. The fraction of sp³-hybridized carbons (Fsp3) is 0.385. The van der Waals surface area contributed by atoms with E-state index >= 15 is 0 Å². The number of carbonyl (C=O) groups excluding carboxylic acids is 1. The minimum absolute atomic E-state index is 0.0700. The Kier molecular flexibility index (Phi) is 5.17. The highest BCUT2D eigenvalue weighted by Gasteiger charge is 2.17. The Morgan fingerprint density at radius 1 is 1.39 bits per heavy atom. The van der Waals surface area contributed by atoms with E-state index in [-0.39, 0.29) is 23.7 Å². The summed E-state index contributed by atoms with van der Waals surface area (Å²) >= 11 is 0. The van der Waals surface area contributed by atoms with Crippen LogP contribution in [0.5, 0.6) is 0 Å². The van der Waals surface area contributed by atoms with Gasteiger partial charge in [0.05, 0.1) is 5.92 Å². The highest BCUT2D eigenvalue weighted by atomic mass is 16.4. The molecule has 0 aliphatic carbocycles. The summed E-state index contributed by atoms with van der Waals surface area (Å²) in [5.41, 5.74) is 6.35. The third kappa shape index (κ3) is 4.08. The molecule has 2 atom stereocenters. The molecule has 4 N–H and O–H groups in total. The molecule has 18 heavy (non-hydrogen) atoms. The molecule has 1 aromatic carbocycles. The van der Waals surface area contributed by atoms with Crippen LogP contribution in [-0.2, 0) is 4.79 Å². The Morgan fingerprint density at radius 3 is 2.56 bits per heavy atom. The molecular formula is C13H19N3O2. The fourth-order valence-corrected chi connectivity index (χ4v) is 1.67. The van der Waals surface area contributed by atoms with Gasteiger partial charge in [0.1, 0.15) is 5.84 Å². The zero-order valence-corrected chi connectivity index (χ0v) is 10.6. The highest BCUT2D eigenvalue weighted by Crippen LogP contribution is 2.14. The summed E-state index contributed by atoms with van der Waals surface area (Å²) in [6, 6.07) is 9.38. The van der Waals surface area contributed by atoms with E-state index < -0.39 is 0 Å². The van der Waals surface area contributed by atoms with Crippen molar-refractivity contribution in [1.82, 2.24) is 5.32 Å². The minimum Gasteiger partial charge on any atom is -0.409 e. The van der Waals surface area contributed by atoms with Crippen LogP contribution in [0.25, 0.3) is 0 Å². The lowest BCUT2D eigenvalue weighted by molar-refractivity contribution is -0.122. The predicted molar refractivity (Wildman–Crippen MR) is 70.5 cm³/mol. The van der Waals surface area contributed by atoms with Crippen molar-refractivity contribution in [3.05, 3.63) is 35.9 Å². The molecule has 0 fully saturated rings. The van der Waals surface area contributed by atoms with Crippen molar-refractivity contribution in [2.75, 3.05) is 0 Å². The van der Waals surface area contributed by atoms with Gasteiger partial charge in [-0.2, -0.15) is 0 Å². The van der Waals surface area contributed by atoms with E-state index in [4.69, 9.17) is 10.9 Å². The molecule has 0 saturated heterocycles. The monoisotopic (exact) mass is 249 g/mol. The topological polar surface area (TPSA) is 87.7 Å². The average Bonchev–Trinajstić information content (AvgIpc) is 2.38. The van der Waals surface area contributed by atoms with Crippen LogP contribution in [0.2, 0.25) is 0 Å². The van der Waals surface area contributed by atoms with Crippen LogP contribution in [-0.4, -0.2) is 23.0 Å². The maximum absolute atomic E-state index is 12.0. The van der Waals surface area contributed by atoms with E-state index in [1.54, 1.807) is 0 Å². The quantitative estimate of drug-likeness (QED) is 0.319. The SMILES string of the molecule is CC(C/C(N)=N/O)NC(=O)C(C)c1ccccc1. The number of hydrogen-bond donors (Lipinski definition) is 3. The number of nitrogens with one attached hydrogen (secondary N) is 1. The van der Waals surface area contributed by atoms with Crippen LogP contribution >= 0.6 is 0 Å². The van der Waals surface area contributed by atoms with Crippen LogP contribution in [0, 0.1) is 0 Å². The second-order valence-electron chi connectivity index (χ2n) is 4.34. The maximum atomic E-state index is 12.0. The molecule has 0 radical (unpaired) electrons. The number of hydrogen-bond acceptors (Lipinski definition) is 3. The molecule has 0 bridgehead atoms. The van der Waals surface area contributed by atoms with Crippen LogP contribution < -0.4 is 11.1 Å². The second kappa shape index (κ2) is 6.64. The molecular weight excluding hydrogens is 230 g/mol. The van der Waals surface area contributed by atoms with Crippen LogP contribution in [0.15, 0.2) is 35.5 Å². The number of amidine groups is 1. The Hall–Kier alpha value is -2.04. The van der Waals surface area contributed by atoms with Gasteiger partial charge in [-0.15, -0.1) is 0 Å². The third-order valence-electron chi connectivity index (χ3n) is 2.73. The molecule has 5 heteroatoms. The summed E-state index contributed by atoms with van der Waals surface area (Å²) in [5.74, 6) is -0.185. The first-order valence-corrected chi connectivity index (χ1v) is 5.86. The van der Waals surface area contributed by atoms with Crippen LogP contribution in [0.1, 0.15) is 31.7 Å². The van der Waals surface area contributed by atoms with E-state index in [1.165, 1.54) is 0 Å². The normalized spacial score (nSPS) is 14.9. The maximum Gasteiger partial charge on any atom is 0.227 e. The van der Waals surface area contributed by atoms with Crippen molar-refractivity contribution in [2.24, 2.45) is 10.9 Å². The van der Waals surface area contributed by atoms with E-state index in [1.807, 2.05) is 44.2 Å². The number of benzene rings is 1. The summed E-state index contributed by atoms with van der Waals surface area (Å²) < 4.78 is 0. The minimum atomic E-state index is -0.221. The van der Waals surface area contributed by atoms with Crippen molar-refractivity contribution in [2.45, 2.75) is 32.2 Å². The molecule has 1 rings (SSSR count). The Labute approximate surface area is 107 Å². The van der Waals surface area contributed by atoms with Gasteiger partial charge >= 0.3 is 0 Å². The van der Waals surface area contributed by atoms with E-state index in [2.05, 4.69) is 10.5 Å². The smallest absolute Gasteiger partial charge is 0.227 e. The number of nitrogens with two attached hydrogens (primary N) is 1.